The molecule has 0 aliphatic rings. The van der Waals surface area contributed by atoms with E-state index < -0.39 is 31.7 Å². The molecule has 0 atom stereocenters. The summed E-state index contributed by atoms with van der Waals surface area (Å²) in [6.07, 6.45) is 0. The zero-order chi connectivity index (χ0) is 12.4. The van der Waals surface area contributed by atoms with E-state index in [2.05, 4.69) is 4.98 Å². The first-order chi connectivity index (χ1) is 7.16. The Morgan fingerprint density at radius 1 is 0.938 bits per heavy atom. The van der Waals surface area contributed by atoms with Gasteiger partial charge in [0.15, 0.2) is 0 Å². The second-order valence-corrected chi connectivity index (χ2v) is 5.98. The largest absolute Gasteiger partial charge is 0.285 e. The maximum atomic E-state index is 10.5. The number of hydrogen-bond donors (Lipinski definition) is 2. The molecule has 1 aromatic heterocycles. The van der Waals surface area contributed by atoms with Crippen molar-refractivity contribution < 1.29 is 25.9 Å². The summed E-state index contributed by atoms with van der Waals surface area (Å²) >= 11 is 0. The van der Waals surface area contributed by atoms with Crippen LogP contribution in [0.4, 0.5) is 0 Å². The molecule has 1 aromatic rings. The van der Waals surface area contributed by atoms with Gasteiger partial charge in [-0.2, -0.15) is 16.8 Å². The predicted octanol–water partition coefficient (Wildman–Crippen LogP) is -0.143. The molecule has 0 aliphatic heterocycles. The van der Waals surface area contributed by atoms with Crippen LogP contribution in [-0.2, 0) is 31.7 Å². The summed E-state index contributed by atoms with van der Waals surface area (Å²) in [5.41, 5.74) is 0.00676. The number of aromatic nitrogens is 1. The zero-order valence-electron chi connectivity index (χ0n) is 7.94. The van der Waals surface area contributed by atoms with Gasteiger partial charge in [0.05, 0.1) is 11.4 Å². The first-order valence-corrected chi connectivity index (χ1v) is 7.23. The molecule has 90 valence electrons. The lowest BCUT2D eigenvalue weighted by Gasteiger charge is -2.01. The fourth-order valence-electron chi connectivity index (χ4n) is 1.06. The fraction of sp³-hybridized carbons (Fsp3) is 0.286. The number of pyridine rings is 1. The Kier molecular flexibility index (Phi) is 3.63. The monoisotopic (exact) mass is 267 g/mol. The molecule has 7 nitrogen and oxygen atoms in total. The van der Waals surface area contributed by atoms with Gasteiger partial charge in [-0.1, -0.05) is 6.07 Å². The molecule has 0 aliphatic carbocycles. The van der Waals surface area contributed by atoms with Crippen molar-refractivity contribution in [1.82, 2.24) is 4.98 Å². The van der Waals surface area contributed by atoms with Crippen molar-refractivity contribution >= 4 is 20.2 Å². The summed E-state index contributed by atoms with van der Waals surface area (Å²) < 4.78 is 59.3. The van der Waals surface area contributed by atoms with Crippen LogP contribution in [-0.4, -0.2) is 30.9 Å². The molecule has 0 bridgehead atoms. The maximum Gasteiger partial charge on any atom is 0.270 e. The lowest BCUT2D eigenvalue weighted by Crippen LogP contribution is -2.07. The molecule has 0 saturated heterocycles. The molecule has 2 N–H and O–H groups in total. The molecular weight excluding hydrogens is 258 g/mol. The number of hydrogen-bond acceptors (Lipinski definition) is 5. The second kappa shape index (κ2) is 4.45. The molecule has 16 heavy (non-hydrogen) atoms. The quantitative estimate of drug-likeness (QED) is 0.728. The smallest absolute Gasteiger partial charge is 0.270 e. The molecule has 1 heterocycles. The SMILES string of the molecule is O=S(=O)(O)Cc1cccc(CS(=O)(=O)O)n1. The van der Waals surface area contributed by atoms with Crippen molar-refractivity contribution in [3.8, 4) is 0 Å². The van der Waals surface area contributed by atoms with Gasteiger partial charge in [0, 0.05) is 0 Å². The van der Waals surface area contributed by atoms with Crippen molar-refractivity contribution in [2.24, 2.45) is 0 Å². The van der Waals surface area contributed by atoms with E-state index in [1.54, 1.807) is 0 Å². The topological polar surface area (TPSA) is 122 Å². The third-order valence-corrected chi connectivity index (χ3v) is 2.85. The van der Waals surface area contributed by atoms with Gasteiger partial charge in [0.25, 0.3) is 20.2 Å². The van der Waals surface area contributed by atoms with Crippen LogP contribution in [0.1, 0.15) is 11.4 Å². The lowest BCUT2D eigenvalue weighted by molar-refractivity contribution is 0.480. The Balaban J connectivity index is 2.96. The summed E-state index contributed by atoms with van der Waals surface area (Å²) in [7, 11) is -8.42. The van der Waals surface area contributed by atoms with Crippen molar-refractivity contribution in [2.75, 3.05) is 0 Å². The standard InChI is InChI=1S/C7H9NO6S2/c9-15(10,11)4-6-2-1-3-7(8-6)5-16(12,13)14/h1-3H,4-5H2,(H,9,10,11)(H,12,13,14). The van der Waals surface area contributed by atoms with E-state index in [-0.39, 0.29) is 11.4 Å². The average Bonchev–Trinajstić information content (AvgIpc) is 1.96. The summed E-state index contributed by atoms with van der Waals surface area (Å²) in [4.78, 5) is 3.67. The van der Waals surface area contributed by atoms with Crippen LogP contribution in [0.25, 0.3) is 0 Å². The van der Waals surface area contributed by atoms with E-state index in [1.807, 2.05) is 0 Å². The van der Waals surface area contributed by atoms with Crippen molar-refractivity contribution in [2.45, 2.75) is 11.5 Å². The maximum absolute atomic E-state index is 10.5. The number of nitrogens with zero attached hydrogens (tertiary/aromatic N) is 1. The highest BCUT2D eigenvalue weighted by Crippen LogP contribution is 2.06. The molecule has 9 heteroatoms. The van der Waals surface area contributed by atoms with Crippen LogP contribution in [0.15, 0.2) is 18.2 Å². The van der Waals surface area contributed by atoms with E-state index in [0.717, 1.165) is 0 Å². The molecule has 0 radical (unpaired) electrons. The highest BCUT2D eigenvalue weighted by Gasteiger charge is 2.11. The minimum atomic E-state index is -4.21. The van der Waals surface area contributed by atoms with E-state index in [1.165, 1.54) is 18.2 Å². The van der Waals surface area contributed by atoms with E-state index in [9.17, 15) is 16.8 Å². The van der Waals surface area contributed by atoms with Crippen LogP contribution in [0.5, 0.6) is 0 Å². The Morgan fingerprint density at radius 3 is 1.62 bits per heavy atom. The van der Waals surface area contributed by atoms with Gasteiger partial charge in [0.1, 0.15) is 11.5 Å². The first kappa shape index (κ1) is 13.0. The van der Waals surface area contributed by atoms with Gasteiger partial charge in [-0.3, -0.25) is 14.1 Å². The second-order valence-electron chi connectivity index (χ2n) is 3.07. The minimum Gasteiger partial charge on any atom is -0.285 e. The predicted molar refractivity (Wildman–Crippen MR) is 54.7 cm³/mol. The highest BCUT2D eigenvalue weighted by molar-refractivity contribution is 7.85. The van der Waals surface area contributed by atoms with Gasteiger partial charge in [0.2, 0.25) is 0 Å². The third kappa shape index (κ3) is 5.16. The van der Waals surface area contributed by atoms with E-state index >= 15 is 0 Å². The summed E-state index contributed by atoms with van der Waals surface area (Å²) in [5.74, 6) is -1.40. The molecular formula is C7H9NO6S2. The lowest BCUT2D eigenvalue weighted by atomic mass is 10.3. The van der Waals surface area contributed by atoms with Crippen LogP contribution < -0.4 is 0 Å². The van der Waals surface area contributed by atoms with Gasteiger partial charge >= 0.3 is 0 Å². The van der Waals surface area contributed by atoms with Gasteiger partial charge in [-0.15, -0.1) is 0 Å². The van der Waals surface area contributed by atoms with E-state index in [4.69, 9.17) is 9.11 Å². The fourth-order valence-corrected chi connectivity index (χ4v) is 2.13. The molecule has 0 amide bonds. The van der Waals surface area contributed by atoms with Crippen LogP contribution in [0.2, 0.25) is 0 Å². The minimum absolute atomic E-state index is 0.00338. The summed E-state index contributed by atoms with van der Waals surface area (Å²) in [5, 5.41) is 0. The van der Waals surface area contributed by atoms with Crippen LogP contribution >= 0.6 is 0 Å². The van der Waals surface area contributed by atoms with Gasteiger partial charge in [-0.25, -0.2) is 0 Å². The first-order valence-electron chi connectivity index (χ1n) is 4.01. The molecule has 0 spiro atoms. The van der Waals surface area contributed by atoms with Crippen LogP contribution in [0, 0.1) is 0 Å². The normalized spacial score (nSPS) is 12.6. The Labute approximate surface area is 92.6 Å². The highest BCUT2D eigenvalue weighted by atomic mass is 32.2. The van der Waals surface area contributed by atoms with Gasteiger partial charge < -0.3 is 0 Å². The van der Waals surface area contributed by atoms with Crippen molar-refractivity contribution in [3.05, 3.63) is 29.6 Å². The molecule has 1 rings (SSSR count). The van der Waals surface area contributed by atoms with Crippen molar-refractivity contribution in [3.63, 3.8) is 0 Å². The third-order valence-electron chi connectivity index (χ3n) is 1.53. The Bertz CT molecular complexity index is 527. The number of rotatable bonds is 4. The Morgan fingerprint density at radius 2 is 1.31 bits per heavy atom. The zero-order valence-corrected chi connectivity index (χ0v) is 9.57. The van der Waals surface area contributed by atoms with Gasteiger partial charge in [-0.05, 0) is 12.1 Å². The Hall–Kier alpha value is -1.03. The molecule has 0 unspecified atom stereocenters. The van der Waals surface area contributed by atoms with Crippen molar-refractivity contribution in [1.29, 1.82) is 0 Å². The van der Waals surface area contributed by atoms with Crippen LogP contribution in [0.3, 0.4) is 0 Å². The summed E-state index contributed by atoms with van der Waals surface area (Å²) in [6.45, 7) is 0. The molecule has 0 saturated carbocycles. The summed E-state index contributed by atoms with van der Waals surface area (Å²) in [6, 6.07) is 4.02. The average molecular weight is 267 g/mol. The molecule has 0 aromatic carbocycles. The van der Waals surface area contributed by atoms with E-state index in [0.29, 0.717) is 0 Å². The molecule has 0 fully saturated rings.